The summed E-state index contributed by atoms with van der Waals surface area (Å²) >= 11 is 0. The van der Waals surface area contributed by atoms with Crippen LogP contribution in [0.1, 0.15) is 232 Å². The minimum Gasteiger partial charge on any atom is -0.356 e. The molecule has 9 unspecified atom stereocenters. The van der Waals surface area contributed by atoms with Crippen LogP contribution in [0.5, 0.6) is 0 Å². The second-order valence-corrected chi connectivity index (χ2v) is 31.0. The molecule has 0 aliphatic heterocycles. The molecule has 634 valence electrons. The molecule has 0 radical (unpaired) electrons. The lowest BCUT2D eigenvalue weighted by atomic mass is 9.89. The number of Topliss-reactive ketones (excluding diaryl/α,β-unsaturated/α-hetero) is 3. The molecule has 0 saturated carbocycles. The standard InChI is InChI=1S/C42H75FN8O6.C38H69N9O5S2/c1-32(52)33(20-11-17-30-48-38(54)25-19-24-37(53)42(43)26-13-7-6-8-14-27-42)50-41(57)36(51-40(56)35(47-5)22-10-16-29-45-3)23-12-18-31-49-39(55)34(46-4)21-9-15-28-44-2;1-29(48)30(17-8-13-25-43-34(49)21-16-28-53-54-35-22-10-15-26-44-35)46-38(52)33(47-37(51)32(42-5)19-7-12-24-40-3)20-9-14-27-45-36(50)31(41-4)18-6-11-23-39-2/h33-36,44-47H,6-13,15-26,28-31H2,1-5H3,(H,48,54)(H,49,55)(H,50,57)(H,51,56);10,15,22,26,30-33,39-42H,6-9,11-14,16-21,23-25,27-28H2,1-5H3,(H,43,49)(H,45,50)(H,46,52)(H,47,51). The fourth-order valence-corrected chi connectivity index (χ4v) is 14.4. The molecule has 2 rings (SSSR count). The molecule has 8 amide bonds. The summed E-state index contributed by atoms with van der Waals surface area (Å²) < 4.78 is 15.1. The fourth-order valence-electron chi connectivity index (χ4n) is 12.4. The van der Waals surface area contributed by atoms with Crippen LogP contribution in [0.3, 0.4) is 0 Å². The molecular weight excluding hydrogens is 1460 g/mol. The van der Waals surface area contributed by atoms with Crippen molar-refractivity contribution in [3.05, 3.63) is 24.4 Å². The summed E-state index contributed by atoms with van der Waals surface area (Å²) in [6, 6.07) is 1.13. The molecule has 1 heterocycles. The van der Waals surface area contributed by atoms with Gasteiger partial charge in [-0.1, -0.05) is 60.8 Å². The second kappa shape index (κ2) is 67.2. The van der Waals surface area contributed by atoms with E-state index in [4.69, 9.17) is 0 Å². The zero-order chi connectivity index (χ0) is 82.1. The molecule has 1 aromatic rings. The third-order valence-corrected chi connectivity index (χ3v) is 21.8. The quantitative estimate of drug-likeness (QED) is 0.0227. The van der Waals surface area contributed by atoms with E-state index >= 15 is 4.39 Å². The van der Waals surface area contributed by atoms with Crippen molar-refractivity contribution in [3.63, 3.8) is 0 Å². The number of carbonyl (C=O) groups is 11. The minimum absolute atomic E-state index is 0.00284. The van der Waals surface area contributed by atoms with Crippen molar-refractivity contribution >= 4 is 86.2 Å². The summed E-state index contributed by atoms with van der Waals surface area (Å²) in [5.41, 5.74) is -2.12. The Morgan fingerprint density at radius 2 is 0.757 bits per heavy atom. The van der Waals surface area contributed by atoms with Crippen LogP contribution in [0.2, 0.25) is 0 Å². The number of unbranched alkanes of at least 4 members (excludes halogenated alkanes) is 8. The van der Waals surface area contributed by atoms with Crippen molar-refractivity contribution in [2.75, 3.05) is 114 Å². The maximum Gasteiger partial charge on any atom is 0.243 e. The first-order chi connectivity index (χ1) is 53.6. The summed E-state index contributed by atoms with van der Waals surface area (Å²) in [4.78, 5) is 146. The van der Waals surface area contributed by atoms with Crippen molar-refractivity contribution in [1.29, 1.82) is 0 Å². The summed E-state index contributed by atoms with van der Waals surface area (Å²) in [6.45, 7) is 8.10. The normalized spacial score (nSPS) is 15.4. The highest BCUT2D eigenvalue weighted by Gasteiger charge is 2.36. The van der Waals surface area contributed by atoms with Crippen LogP contribution in [0.4, 0.5) is 4.39 Å². The second-order valence-electron chi connectivity index (χ2n) is 28.6. The lowest BCUT2D eigenvalue weighted by Crippen LogP contribution is -2.54. The smallest absolute Gasteiger partial charge is 0.243 e. The number of aromatic nitrogens is 1. The Morgan fingerprint density at radius 1 is 0.405 bits per heavy atom. The van der Waals surface area contributed by atoms with Crippen molar-refractivity contribution in [1.82, 2.24) is 90.1 Å². The van der Waals surface area contributed by atoms with Gasteiger partial charge in [-0.05, 0) is 273 Å². The zero-order valence-corrected chi connectivity index (χ0v) is 70.6. The van der Waals surface area contributed by atoms with Gasteiger partial charge in [-0.15, -0.1) is 0 Å². The Balaban J connectivity index is 0.00000111. The maximum atomic E-state index is 15.1. The van der Waals surface area contributed by atoms with E-state index in [2.05, 4.69) is 102 Å². The third kappa shape index (κ3) is 50.6. The number of nitrogens with one attached hydrogen (secondary N) is 16. The predicted molar refractivity (Wildman–Crippen MR) is 444 cm³/mol. The Kier molecular flexibility index (Phi) is 62.2. The fraction of sp³-hybridized carbons (Fsp3) is 0.775. The molecule has 0 bridgehead atoms. The molecule has 9 atom stereocenters. The van der Waals surface area contributed by atoms with Gasteiger partial charge >= 0.3 is 0 Å². The predicted octanol–water partition coefficient (Wildman–Crippen LogP) is 5.18. The van der Waals surface area contributed by atoms with Crippen LogP contribution in [0.25, 0.3) is 0 Å². The Hall–Kier alpha value is -6.21. The van der Waals surface area contributed by atoms with Gasteiger partial charge in [0.05, 0.1) is 36.3 Å². The van der Waals surface area contributed by atoms with E-state index in [9.17, 15) is 52.7 Å². The van der Waals surface area contributed by atoms with Gasteiger partial charge in [0.2, 0.25) is 52.9 Å². The number of nitrogens with zero attached hydrogens (tertiary/aromatic N) is 1. The van der Waals surface area contributed by atoms with Crippen molar-refractivity contribution in [2.24, 2.45) is 0 Å². The van der Waals surface area contributed by atoms with Crippen LogP contribution in [0, 0.1) is 11.8 Å². The topological polar surface area (TPSA) is 393 Å². The van der Waals surface area contributed by atoms with E-state index in [1.165, 1.54) is 13.8 Å². The largest absolute Gasteiger partial charge is 0.356 e. The van der Waals surface area contributed by atoms with Crippen molar-refractivity contribution in [2.45, 2.75) is 291 Å². The summed E-state index contributed by atoms with van der Waals surface area (Å²) in [7, 11) is 17.9. The van der Waals surface area contributed by atoms with Gasteiger partial charge < -0.3 is 85.1 Å². The number of amides is 8. The van der Waals surface area contributed by atoms with E-state index in [-0.39, 0.29) is 84.8 Å². The van der Waals surface area contributed by atoms with E-state index in [1.807, 2.05) is 46.4 Å². The Bertz CT molecular complexity index is 2830. The highest BCUT2D eigenvalue weighted by atomic mass is 33.1. The van der Waals surface area contributed by atoms with Crippen molar-refractivity contribution < 1.29 is 57.1 Å². The summed E-state index contributed by atoms with van der Waals surface area (Å²) in [6.07, 6.45) is 22.6. The molecular formula is C80H144FN17O11S2. The number of rotatable bonds is 67. The molecule has 0 aromatic carbocycles. The first-order valence-electron chi connectivity index (χ1n) is 41.1. The van der Waals surface area contributed by atoms with Crippen molar-refractivity contribution in [3.8, 4) is 11.8 Å². The van der Waals surface area contributed by atoms with Gasteiger partial charge in [-0.2, -0.15) is 0 Å². The number of hydrogen-bond acceptors (Lipinski definition) is 22. The molecule has 31 heteroatoms. The average Bonchev–Trinajstić information content (AvgIpc) is 0.857. The monoisotopic (exact) mass is 1600 g/mol. The number of carbonyl (C=O) groups excluding carboxylic acids is 11. The van der Waals surface area contributed by atoms with Gasteiger partial charge in [0, 0.05) is 70.2 Å². The van der Waals surface area contributed by atoms with Crippen LogP contribution >= 0.6 is 21.6 Å². The number of hydrogen-bond donors (Lipinski definition) is 16. The van der Waals surface area contributed by atoms with E-state index in [0.717, 1.165) is 120 Å². The van der Waals surface area contributed by atoms with Crippen LogP contribution in [0.15, 0.2) is 29.4 Å². The lowest BCUT2D eigenvalue weighted by molar-refractivity contribution is -0.132. The molecule has 1 aliphatic carbocycles. The molecule has 0 fully saturated rings. The number of likely N-dealkylation sites (N-methyl/N-ethyl adjacent to an activating group) is 4. The lowest BCUT2D eigenvalue weighted by Gasteiger charge is -2.24. The molecule has 0 saturated heterocycles. The number of ketones is 3. The van der Waals surface area contributed by atoms with E-state index < -0.39 is 59.5 Å². The molecule has 1 aromatic heterocycles. The molecule has 111 heavy (non-hydrogen) atoms. The highest BCUT2D eigenvalue weighted by Crippen LogP contribution is 2.30. The highest BCUT2D eigenvalue weighted by molar-refractivity contribution is 8.76. The molecule has 28 nitrogen and oxygen atoms in total. The summed E-state index contributed by atoms with van der Waals surface area (Å²) in [5.74, 6) is 3.45. The first-order valence-corrected chi connectivity index (χ1v) is 43.4. The van der Waals surface area contributed by atoms with Crippen LogP contribution in [-0.2, 0) is 52.7 Å². The van der Waals surface area contributed by atoms with Gasteiger partial charge in [0.15, 0.2) is 17.3 Å². The average molecular weight is 1600 g/mol. The minimum atomic E-state index is -2.12. The SMILES string of the molecule is CNCCCCC(NC)C(=O)NCCCCC(NC(=O)C(CCCCNC)NC)C(=O)NC(CCCCNC(=O)CCCC(=O)C1(F)C#CCCCCC1)C(C)=O.CNCCCCC(NC)C(=O)NCCCCC(NC(=O)C(CCCCNC)NC)C(=O)NC(CCCCNC(=O)CCCSSc1ccccn1)C(C)=O. The molecule has 0 spiro atoms. The summed E-state index contributed by atoms with van der Waals surface area (Å²) in [5, 5.41) is 49.0. The number of halogens is 1. The van der Waals surface area contributed by atoms with Gasteiger partial charge in [-0.3, -0.25) is 52.7 Å². The van der Waals surface area contributed by atoms with E-state index in [0.29, 0.717) is 135 Å². The van der Waals surface area contributed by atoms with Gasteiger partial charge in [0.25, 0.3) is 0 Å². The zero-order valence-electron chi connectivity index (χ0n) is 69.0. The van der Waals surface area contributed by atoms with Gasteiger partial charge in [-0.25, -0.2) is 9.37 Å². The Morgan fingerprint density at radius 3 is 1.14 bits per heavy atom. The van der Waals surface area contributed by atoms with Crippen LogP contribution in [-0.4, -0.2) is 238 Å². The van der Waals surface area contributed by atoms with Crippen LogP contribution < -0.4 is 85.1 Å². The Labute approximate surface area is 671 Å². The number of pyridine rings is 1. The van der Waals surface area contributed by atoms with E-state index in [1.54, 1.807) is 56.0 Å². The first kappa shape index (κ1) is 103. The number of alkyl halides is 1. The molecule has 16 N–H and O–H groups in total. The maximum absolute atomic E-state index is 15.1. The third-order valence-electron chi connectivity index (χ3n) is 19.4. The van der Waals surface area contributed by atoms with Gasteiger partial charge in [0.1, 0.15) is 17.1 Å². The molecule has 1 aliphatic rings.